The molecule has 0 saturated heterocycles. The van der Waals surface area contributed by atoms with Gasteiger partial charge in [0.2, 0.25) is 5.91 Å². The fourth-order valence-electron chi connectivity index (χ4n) is 2.29. The lowest BCUT2D eigenvalue weighted by molar-refractivity contribution is -0.121. The van der Waals surface area contributed by atoms with Crippen LogP contribution in [0.25, 0.3) is 11.0 Å². The first kappa shape index (κ1) is 16.4. The summed E-state index contributed by atoms with van der Waals surface area (Å²) >= 11 is 1.58. The number of carbonyl (C=O) groups excluding carboxylic acids is 1. The Balaban J connectivity index is 1.41. The van der Waals surface area contributed by atoms with Gasteiger partial charge in [-0.15, -0.1) is 5.10 Å². The maximum atomic E-state index is 13.5. The highest BCUT2D eigenvalue weighted by molar-refractivity contribution is 7.98. The average molecular weight is 344 g/mol. The highest BCUT2D eigenvalue weighted by Crippen LogP contribution is 2.14. The smallest absolute Gasteiger partial charge is 0.241 e. The Morgan fingerprint density at radius 1 is 1.17 bits per heavy atom. The molecule has 1 heterocycles. The zero-order chi connectivity index (χ0) is 16.8. The average Bonchev–Trinajstić information content (AvgIpc) is 2.99. The number of nitrogens with zero attached hydrogens (tertiary/aromatic N) is 3. The summed E-state index contributed by atoms with van der Waals surface area (Å²) in [5.41, 5.74) is 2.29. The minimum Gasteiger partial charge on any atom is -0.354 e. The minimum atomic E-state index is -0.188. The largest absolute Gasteiger partial charge is 0.354 e. The van der Waals surface area contributed by atoms with Gasteiger partial charge < -0.3 is 5.32 Å². The van der Waals surface area contributed by atoms with Gasteiger partial charge in [-0.2, -0.15) is 11.8 Å². The van der Waals surface area contributed by atoms with Crippen LogP contribution >= 0.6 is 11.8 Å². The summed E-state index contributed by atoms with van der Waals surface area (Å²) in [4.78, 5) is 12.0. The Morgan fingerprint density at radius 3 is 2.83 bits per heavy atom. The Hall–Kier alpha value is -2.41. The number of carbonyl (C=O) groups is 1. The number of thioether (sulfide) groups is 1. The van der Waals surface area contributed by atoms with E-state index in [0.717, 1.165) is 16.8 Å². The number of hydrogen-bond acceptors (Lipinski definition) is 4. The zero-order valence-corrected chi connectivity index (χ0v) is 13.8. The van der Waals surface area contributed by atoms with Crippen LogP contribution in [-0.4, -0.2) is 33.2 Å². The number of halogens is 1. The second-order valence-corrected chi connectivity index (χ2v) is 6.33. The van der Waals surface area contributed by atoms with E-state index in [1.165, 1.54) is 6.07 Å². The summed E-state index contributed by atoms with van der Waals surface area (Å²) in [5, 5.41) is 10.8. The van der Waals surface area contributed by atoms with E-state index >= 15 is 0 Å². The van der Waals surface area contributed by atoms with Crippen molar-refractivity contribution in [2.24, 2.45) is 0 Å². The van der Waals surface area contributed by atoms with Gasteiger partial charge >= 0.3 is 0 Å². The number of fused-ring (bicyclic) bond motifs is 1. The summed E-state index contributed by atoms with van der Waals surface area (Å²) in [5.74, 6) is 1.01. The Labute approximate surface area is 143 Å². The number of nitrogens with one attached hydrogen (secondary N) is 1. The molecular formula is C17H17FN4OS. The Kier molecular flexibility index (Phi) is 5.43. The lowest BCUT2D eigenvalue weighted by atomic mass is 10.2. The fraction of sp³-hybridized carbons (Fsp3) is 0.235. The van der Waals surface area contributed by atoms with Gasteiger partial charge in [-0.05, 0) is 23.8 Å². The van der Waals surface area contributed by atoms with Crippen molar-refractivity contribution in [3.05, 3.63) is 59.9 Å². The molecule has 0 fully saturated rings. The van der Waals surface area contributed by atoms with E-state index in [2.05, 4.69) is 15.6 Å². The highest BCUT2D eigenvalue weighted by Gasteiger charge is 2.08. The molecule has 0 aliphatic carbocycles. The first-order valence-electron chi connectivity index (χ1n) is 7.60. The van der Waals surface area contributed by atoms with Crippen LogP contribution in [0, 0.1) is 5.82 Å². The number of benzene rings is 2. The fourth-order valence-corrected chi connectivity index (χ4v) is 3.13. The molecule has 0 bridgehead atoms. The summed E-state index contributed by atoms with van der Waals surface area (Å²) in [7, 11) is 0. The van der Waals surface area contributed by atoms with Crippen LogP contribution in [0.2, 0.25) is 0 Å². The topological polar surface area (TPSA) is 59.8 Å². The SMILES string of the molecule is O=C(Cn1nnc2ccccc21)NCCSCc1ccccc1F. The molecule has 1 amide bonds. The van der Waals surface area contributed by atoms with Crippen LogP contribution < -0.4 is 5.32 Å². The van der Waals surface area contributed by atoms with E-state index in [9.17, 15) is 9.18 Å². The van der Waals surface area contributed by atoms with Gasteiger partial charge in [0.1, 0.15) is 17.9 Å². The molecule has 0 radical (unpaired) electrons. The van der Waals surface area contributed by atoms with E-state index in [-0.39, 0.29) is 18.3 Å². The molecule has 0 atom stereocenters. The molecule has 7 heteroatoms. The van der Waals surface area contributed by atoms with E-state index in [1.807, 2.05) is 30.3 Å². The van der Waals surface area contributed by atoms with E-state index in [4.69, 9.17) is 0 Å². The van der Waals surface area contributed by atoms with E-state index in [0.29, 0.717) is 17.9 Å². The molecule has 3 aromatic rings. The number of para-hydroxylation sites is 1. The number of aromatic nitrogens is 3. The molecule has 0 unspecified atom stereocenters. The lowest BCUT2D eigenvalue weighted by Crippen LogP contribution is -2.29. The van der Waals surface area contributed by atoms with Crippen molar-refractivity contribution < 1.29 is 9.18 Å². The molecule has 1 N–H and O–H groups in total. The summed E-state index contributed by atoms with van der Waals surface area (Å²) in [6.07, 6.45) is 0. The molecule has 0 aliphatic heterocycles. The molecule has 1 aromatic heterocycles. The van der Waals surface area contributed by atoms with Gasteiger partial charge in [0.15, 0.2) is 0 Å². The third-order valence-corrected chi connectivity index (χ3v) is 4.51. The number of hydrogen-bond donors (Lipinski definition) is 1. The van der Waals surface area contributed by atoms with Crippen molar-refractivity contribution in [3.63, 3.8) is 0 Å². The van der Waals surface area contributed by atoms with Gasteiger partial charge in [-0.25, -0.2) is 9.07 Å². The van der Waals surface area contributed by atoms with Gasteiger partial charge in [0.05, 0.1) is 5.52 Å². The van der Waals surface area contributed by atoms with E-state index < -0.39 is 0 Å². The first-order chi connectivity index (χ1) is 11.7. The standard InChI is InChI=1S/C17H17FN4OS/c18-14-6-2-1-5-13(14)12-24-10-9-19-17(23)11-22-16-8-4-3-7-15(16)20-21-22/h1-8H,9-12H2,(H,19,23). The van der Waals surface area contributed by atoms with Gasteiger partial charge in [0.25, 0.3) is 0 Å². The van der Waals surface area contributed by atoms with Gasteiger partial charge in [0, 0.05) is 18.1 Å². The Morgan fingerprint density at radius 2 is 1.96 bits per heavy atom. The quantitative estimate of drug-likeness (QED) is 0.670. The van der Waals surface area contributed by atoms with Crippen molar-refractivity contribution in [2.75, 3.05) is 12.3 Å². The third-order valence-electron chi connectivity index (χ3n) is 3.50. The van der Waals surface area contributed by atoms with Crippen molar-refractivity contribution in [1.29, 1.82) is 0 Å². The Bertz CT molecular complexity index is 836. The van der Waals surface area contributed by atoms with Crippen molar-refractivity contribution in [3.8, 4) is 0 Å². The highest BCUT2D eigenvalue weighted by atomic mass is 32.2. The van der Waals surface area contributed by atoms with Crippen molar-refractivity contribution >= 4 is 28.7 Å². The minimum absolute atomic E-state index is 0.114. The lowest BCUT2D eigenvalue weighted by Gasteiger charge is -2.06. The molecule has 0 aliphatic rings. The predicted molar refractivity (Wildman–Crippen MR) is 93.1 cm³/mol. The van der Waals surface area contributed by atoms with Gasteiger partial charge in [-0.3, -0.25) is 4.79 Å². The summed E-state index contributed by atoms with van der Waals surface area (Å²) in [6, 6.07) is 14.2. The van der Waals surface area contributed by atoms with Crippen LogP contribution in [0.4, 0.5) is 4.39 Å². The van der Waals surface area contributed by atoms with Crippen molar-refractivity contribution in [1.82, 2.24) is 20.3 Å². The first-order valence-corrected chi connectivity index (χ1v) is 8.75. The molecule has 0 spiro atoms. The maximum absolute atomic E-state index is 13.5. The predicted octanol–water partition coefficient (Wildman–Crippen LogP) is 2.62. The second kappa shape index (κ2) is 7.92. The normalized spacial score (nSPS) is 10.9. The van der Waals surface area contributed by atoms with Crippen LogP contribution in [0.3, 0.4) is 0 Å². The summed E-state index contributed by atoms with van der Waals surface area (Å²) in [6.45, 7) is 0.670. The van der Waals surface area contributed by atoms with E-state index in [1.54, 1.807) is 28.6 Å². The van der Waals surface area contributed by atoms with Crippen molar-refractivity contribution in [2.45, 2.75) is 12.3 Å². The molecule has 3 rings (SSSR count). The monoisotopic (exact) mass is 344 g/mol. The molecule has 124 valence electrons. The second-order valence-electron chi connectivity index (χ2n) is 5.23. The van der Waals surface area contributed by atoms with Crippen LogP contribution in [-0.2, 0) is 17.1 Å². The number of amides is 1. The maximum Gasteiger partial charge on any atom is 0.241 e. The molecule has 2 aromatic carbocycles. The molecule has 24 heavy (non-hydrogen) atoms. The number of rotatable bonds is 7. The van der Waals surface area contributed by atoms with Gasteiger partial charge in [-0.1, -0.05) is 35.5 Å². The van der Waals surface area contributed by atoms with Crippen LogP contribution in [0.1, 0.15) is 5.56 Å². The molecule has 0 saturated carbocycles. The summed E-state index contributed by atoms with van der Waals surface area (Å²) < 4.78 is 15.0. The zero-order valence-electron chi connectivity index (χ0n) is 13.0. The molecule has 5 nitrogen and oxygen atoms in total. The molecular weight excluding hydrogens is 327 g/mol. The van der Waals surface area contributed by atoms with Crippen LogP contribution in [0.5, 0.6) is 0 Å². The third kappa shape index (κ3) is 4.11. The van der Waals surface area contributed by atoms with Crippen LogP contribution in [0.15, 0.2) is 48.5 Å².